The highest BCUT2D eigenvalue weighted by Gasteiger charge is 2.25. The first-order chi connectivity index (χ1) is 13.0. The van der Waals surface area contributed by atoms with Crippen LogP contribution in [-0.4, -0.2) is 37.0 Å². The van der Waals surface area contributed by atoms with Crippen molar-refractivity contribution in [3.05, 3.63) is 35.9 Å². The Labute approximate surface area is 159 Å². The number of hydrogen-bond donors (Lipinski definition) is 4. The molecule has 0 radical (unpaired) electrons. The minimum atomic E-state index is -0.724. The summed E-state index contributed by atoms with van der Waals surface area (Å²) >= 11 is 0. The van der Waals surface area contributed by atoms with E-state index in [4.69, 9.17) is 4.74 Å². The summed E-state index contributed by atoms with van der Waals surface area (Å²) < 4.78 is 5.19. The van der Waals surface area contributed by atoms with Gasteiger partial charge in [0.15, 0.2) is 0 Å². The Kier molecular flexibility index (Phi) is 8.06. The van der Waals surface area contributed by atoms with E-state index in [-0.39, 0.29) is 30.3 Å². The van der Waals surface area contributed by atoms with Crippen molar-refractivity contribution in [3.63, 3.8) is 0 Å². The molecule has 1 fully saturated rings. The molecule has 1 saturated heterocycles. The number of nitrogens with one attached hydrogen (secondary N) is 4. The van der Waals surface area contributed by atoms with Gasteiger partial charge in [0.1, 0.15) is 12.6 Å². The van der Waals surface area contributed by atoms with Crippen LogP contribution in [0.4, 0.5) is 4.79 Å². The highest BCUT2D eigenvalue weighted by atomic mass is 16.5. The monoisotopic (exact) mass is 376 g/mol. The molecule has 4 N–H and O–H groups in total. The number of amides is 3. The molecule has 0 spiro atoms. The van der Waals surface area contributed by atoms with E-state index in [1.807, 2.05) is 44.2 Å². The predicted molar refractivity (Wildman–Crippen MR) is 100 cm³/mol. The molecule has 27 heavy (non-hydrogen) atoms. The zero-order chi connectivity index (χ0) is 19.6. The highest BCUT2D eigenvalue weighted by molar-refractivity contribution is 5.85. The van der Waals surface area contributed by atoms with Gasteiger partial charge in [-0.15, -0.1) is 0 Å². The van der Waals surface area contributed by atoms with E-state index in [1.54, 1.807) is 0 Å². The van der Waals surface area contributed by atoms with Gasteiger partial charge in [-0.1, -0.05) is 44.2 Å². The maximum absolute atomic E-state index is 12.4. The Morgan fingerprint density at radius 3 is 2.63 bits per heavy atom. The number of carbonyl (C=O) groups is 3. The maximum atomic E-state index is 12.4. The summed E-state index contributed by atoms with van der Waals surface area (Å²) in [6.07, 6.45) is 0.564. The van der Waals surface area contributed by atoms with Gasteiger partial charge in [-0.25, -0.2) is 10.2 Å². The van der Waals surface area contributed by atoms with Crippen LogP contribution in [0.15, 0.2) is 30.3 Å². The number of hydrazine groups is 1. The van der Waals surface area contributed by atoms with Crippen LogP contribution in [0.25, 0.3) is 0 Å². The largest absolute Gasteiger partial charge is 0.445 e. The van der Waals surface area contributed by atoms with Crippen LogP contribution in [0, 0.1) is 11.8 Å². The SMILES string of the molecule is CC(C)CC(NC(=O)OCc1ccccc1)C(=O)NNCC1CCNC1=O. The molecule has 8 nitrogen and oxygen atoms in total. The predicted octanol–water partition coefficient (Wildman–Crippen LogP) is 1.08. The molecule has 1 aliphatic heterocycles. The molecule has 1 heterocycles. The lowest BCUT2D eigenvalue weighted by Gasteiger charge is -2.20. The van der Waals surface area contributed by atoms with Gasteiger partial charge in [-0.05, 0) is 24.3 Å². The Morgan fingerprint density at radius 2 is 2.00 bits per heavy atom. The van der Waals surface area contributed by atoms with Gasteiger partial charge in [-0.2, -0.15) is 0 Å². The van der Waals surface area contributed by atoms with Crippen LogP contribution < -0.4 is 21.5 Å². The minimum absolute atomic E-state index is 0.0157. The average molecular weight is 376 g/mol. The molecule has 1 aromatic carbocycles. The fraction of sp³-hybridized carbons (Fsp3) is 0.526. The second kappa shape index (κ2) is 10.5. The summed E-state index contributed by atoms with van der Waals surface area (Å²) in [5.41, 5.74) is 6.23. The number of alkyl carbamates (subject to hydrolysis) is 1. The van der Waals surface area contributed by atoms with E-state index < -0.39 is 12.1 Å². The number of carbonyl (C=O) groups excluding carboxylic acids is 3. The molecular weight excluding hydrogens is 348 g/mol. The Balaban J connectivity index is 1.78. The van der Waals surface area contributed by atoms with Gasteiger partial charge in [0.2, 0.25) is 5.91 Å². The normalized spacial score (nSPS) is 17.3. The first kappa shape index (κ1) is 20.7. The third-order valence-electron chi connectivity index (χ3n) is 4.25. The van der Waals surface area contributed by atoms with Gasteiger partial charge in [-0.3, -0.25) is 15.0 Å². The van der Waals surface area contributed by atoms with Crippen molar-refractivity contribution in [1.82, 2.24) is 21.5 Å². The van der Waals surface area contributed by atoms with Crippen molar-refractivity contribution >= 4 is 17.9 Å². The summed E-state index contributed by atoms with van der Waals surface area (Å²) in [6.45, 7) is 5.08. The minimum Gasteiger partial charge on any atom is -0.445 e. The lowest BCUT2D eigenvalue weighted by molar-refractivity contribution is -0.126. The van der Waals surface area contributed by atoms with Crippen LogP contribution in [0.2, 0.25) is 0 Å². The fourth-order valence-electron chi connectivity index (χ4n) is 2.80. The van der Waals surface area contributed by atoms with Gasteiger partial charge < -0.3 is 15.4 Å². The number of benzene rings is 1. The summed E-state index contributed by atoms with van der Waals surface area (Å²) in [6, 6.07) is 8.60. The van der Waals surface area contributed by atoms with Gasteiger partial charge in [0.05, 0.1) is 5.92 Å². The van der Waals surface area contributed by atoms with Crippen molar-refractivity contribution in [2.24, 2.45) is 11.8 Å². The summed E-state index contributed by atoms with van der Waals surface area (Å²) in [7, 11) is 0. The standard InChI is InChI=1S/C19H28N4O4/c1-13(2)10-16(18(25)23-21-11-15-8-9-20-17(15)24)22-19(26)27-12-14-6-4-3-5-7-14/h3-7,13,15-16,21H,8-12H2,1-2H3,(H,20,24)(H,22,26)(H,23,25). The van der Waals surface area contributed by atoms with Gasteiger partial charge in [0.25, 0.3) is 5.91 Å². The molecule has 2 rings (SSSR count). The van der Waals surface area contributed by atoms with Crippen molar-refractivity contribution in [2.75, 3.05) is 13.1 Å². The molecule has 3 amide bonds. The topological polar surface area (TPSA) is 109 Å². The van der Waals surface area contributed by atoms with Gasteiger partial charge in [0, 0.05) is 13.1 Å². The molecule has 0 aliphatic carbocycles. The number of ether oxygens (including phenoxy) is 1. The van der Waals surface area contributed by atoms with E-state index in [1.165, 1.54) is 0 Å². The molecule has 1 aliphatic rings. The van der Waals surface area contributed by atoms with Crippen molar-refractivity contribution < 1.29 is 19.1 Å². The summed E-state index contributed by atoms with van der Waals surface area (Å²) in [5, 5.41) is 5.36. The third kappa shape index (κ3) is 7.26. The zero-order valence-electron chi connectivity index (χ0n) is 15.8. The van der Waals surface area contributed by atoms with E-state index >= 15 is 0 Å². The van der Waals surface area contributed by atoms with E-state index in [2.05, 4.69) is 21.5 Å². The lowest BCUT2D eigenvalue weighted by atomic mass is 10.0. The van der Waals surface area contributed by atoms with Gasteiger partial charge >= 0.3 is 6.09 Å². The number of hydrogen-bond acceptors (Lipinski definition) is 5. The molecule has 2 unspecified atom stereocenters. The smallest absolute Gasteiger partial charge is 0.408 e. The van der Waals surface area contributed by atoms with E-state index in [9.17, 15) is 14.4 Å². The quantitative estimate of drug-likeness (QED) is 0.483. The molecular formula is C19H28N4O4. The van der Waals surface area contributed by atoms with E-state index in [0.29, 0.717) is 19.5 Å². The van der Waals surface area contributed by atoms with Crippen LogP contribution in [0.1, 0.15) is 32.3 Å². The maximum Gasteiger partial charge on any atom is 0.408 e. The number of rotatable bonds is 9. The third-order valence-corrected chi connectivity index (χ3v) is 4.25. The van der Waals surface area contributed by atoms with Crippen molar-refractivity contribution in [2.45, 2.75) is 39.3 Å². The molecule has 0 aromatic heterocycles. The Bertz CT molecular complexity index is 636. The molecule has 0 bridgehead atoms. The second-order valence-corrected chi connectivity index (χ2v) is 7.03. The average Bonchev–Trinajstić information content (AvgIpc) is 3.05. The molecule has 2 atom stereocenters. The molecule has 0 saturated carbocycles. The van der Waals surface area contributed by atoms with Crippen LogP contribution in [0.3, 0.4) is 0 Å². The fourth-order valence-corrected chi connectivity index (χ4v) is 2.80. The molecule has 148 valence electrons. The van der Waals surface area contributed by atoms with Crippen LogP contribution in [-0.2, 0) is 20.9 Å². The molecule has 1 aromatic rings. The van der Waals surface area contributed by atoms with Crippen LogP contribution in [0.5, 0.6) is 0 Å². The molecule has 8 heteroatoms. The van der Waals surface area contributed by atoms with Crippen LogP contribution >= 0.6 is 0 Å². The first-order valence-electron chi connectivity index (χ1n) is 9.23. The highest BCUT2D eigenvalue weighted by Crippen LogP contribution is 2.08. The summed E-state index contributed by atoms with van der Waals surface area (Å²) in [5.74, 6) is -0.328. The Morgan fingerprint density at radius 1 is 1.26 bits per heavy atom. The summed E-state index contributed by atoms with van der Waals surface area (Å²) in [4.78, 5) is 36.0. The van der Waals surface area contributed by atoms with Crippen molar-refractivity contribution in [3.8, 4) is 0 Å². The first-order valence-corrected chi connectivity index (χ1v) is 9.23. The van der Waals surface area contributed by atoms with Crippen molar-refractivity contribution in [1.29, 1.82) is 0 Å². The Hall–Kier alpha value is -2.61. The van der Waals surface area contributed by atoms with E-state index in [0.717, 1.165) is 12.0 Å². The lowest BCUT2D eigenvalue weighted by Crippen LogP contribution is -2.52. The second-order valence-electron chi connectivity index (χ2n) is 7.03. The zero-order valence-corrected chi connectivity index (χ0v) is 15.8.